The molecule has 1 aromatic heterocycles. The van der Waals surface area contributed by atoms with Gasteiger partial charge in [0.1, 0.15) is 5.56 Å². The van der Waals surface area contributed by atoms with Gasteiger partial charge in [-0.2, -0.15) is 0 Å². The summed E-state index contributed by atoms with van der Waals surface area (Å²) in [6, 6.07) is 16.1. The molecule has 2 aliphatic rings. The predicted octanol–water partition coefficient (Wildman–Crippen LogP) is 5.63. The van der Waals surface area contributed by atoms with Crippen LogP contribution in [0.15, 0.2) is 69.3 Å². The molecule has 0 spiro atoms. The topological polar surface area (TPSA) is 51.1 Å². The van der Waals surface area contributed by atoms with Gasteiger partial charge in [0.15, 0.2) is 0 Å². The first-order valence-corrected chi connectivity index (χ1v) is 12.2. The Morgan fingerprint density at radius 1 is 1.09 bits per heavy atom. The second kappa shape index (κ2) is 7.51. The highest BCUT2D eigenvalue weighted by Crippen LogP contribution is 2.62. The predicted molar refractivity (Wildman–Crippen MR) is 130 cm³/mol. The fourth-order valence-electron chi connectivity index (χ4n) is 6.18. The van der Waals surface area contributed by atoms with Crippen molar-refractivity contribution in [2.45, 2.75) is 55.9 Å². The lowest BCUT2D eigenvalue weighted by Gasteiger charge is -2.43. The Hall–Kier alpha value is -2.53. The third kappa shape index (κ3) is 3.38. The van der Waals surface area contributed by atoms with Gasteiger partial charge in [0.2, 0.25) is 5.43 Å². The van der Waals surface area contributed by atoms with Crippen molar-refractivity contribution in [3.05, 3.63) is 70.5 Å². The van der Waals surface area contributed by atoms with E-state index in [9.17, 15) is 9.59 Å². The molecule has 32 heavy (non-hydrogen) atoms. The molecule has 0 aliphatic heterocycles. The van der Waals surface area contributed by atoms with Gasteiger partial charge in [-0.3, -0.25) is 9.59 Å². The van der Waals surface area contributed by atoms with Crippen molar-refractivity contribution in [2.24, 2.45) is 23.8 Å². The number of nitrogens with zero attached hydrogens (tertiary/aromatic N) is 1. The first-order chi connectivity index (χ1) is 15.2. The minimum Gasteiger partial charge on any atom is -0.349 e. The molecular formula is C27H30N2O2S. The van der Waals surface area contributed by atoms with Gasteiger partial charge in [-0.05, 0) is 66.3 Å². The Labute approximate surface area is 193 Å². The largest absolute Gasteiger partial charge is 0.349 e. The van der Waals surface area contributed by atoms with Gasteiger partial charge >= 0.3 is 0 Å². The van der Waals surface area contributed by atoms with Gasteiger partial charge in [0, 0.05) is 34.5 Å². The van der Waals surface area contributed by atoms with Crippen LogP contribution in [0.1, 0.15) is 50.4 Å². The van der Waals surface area contributed by atoms with Gasteiger partial charge in [0.25, 0.3) is 5.91 Å². The van der Waals surface area contributed by atoms with Gasteiger partial charge in [-0.25, -0.2) is 0 Å². The van der Waals surface area contributed by atoms with Gasteiger partial charge in [0.05, 0.1) is 5.52 Å². The van der Waals surface area contributed by atoms with Crippen molar-refractivity contribution < 1.29 is 4.79 Å². The number of aromatic nitrogens is 1. The zero-order valence-corrected chi connectivity index (χ0v) is 20.0. The van der Waals surface area contributed by atoms with Gasteiger partial charge in [-0.1, -0.05) is 50.7 Å². The van der Waals surface area contributed by atoms with Crippen LogP contribution in [0.3, 0.4) is 0 Å². The molecule has 2 aromatic carbocycles. The summed E-state index contributed by atoms with van der Waals surface area (Å²) in [5, 5.41) is 3.86. The summed E-state index contributed by atoms with van der Waals surface area (Å²) < 4.78 is 1.90. The SMILES string of the molecule is Cn1cc(C(=O)N[C@@H]2C(C)(C)[C@H]3CC[C@]2(C)C3)c(=O)c2ccc(Sc3ccccc3)cc21. The Morgan fingerprint density at radius 2 is 1.84 bits per heavy atom. The van der Waals surface area contributed by atoms with E-state index in [1.807, 2.05) is 48.0 Å². The molecule has 5 rings (SSSR count). The summed E-state index contributed by atoms with van der Waals surface area (Å²) in [6.07, 6.45) is 5.22. The summed E-state index contributed by atoms with van der Waals surface area (Å²) in [5.41, 5.74) is 1.03. The molecule has 2 aliphatic carbocycles. The molecule has 1 heterocycles. The van der Waals surface area contributed by atoms with Gasteiger partial charge in [-0.15, -0.1) is 0 Å². The monoisotopic (exact) mass is 446 g/mol. The van der Waals surface area contributed by atoms with E-state index in [-0.39, 0.29) is 33.8 Å². The van der Waals surface area contributed by atoms with Crippen molar-refractivity contribution in [3.63, 3.8) is 0 Å². The van der Waals surface area contributed by atoms with Crippen LogP contribution in [0.4, 0.5) is 0 Å². The zero-order chi connectivity index (χ0) is 22.7. The van der Waals surface area contributed by atoms with Crippen LogP contribution in [0.2, 0.25) is 0 Å². The number of hydrogen-bond donors (Lipinski definition) is 1. The van der Waals surface area contributed by atoms with Gasteiger partial charge < -0.3 is 9.88 Å². The van der Waals surface area contributed by atoms with E-state index in [1.54, 1.807) is 18.0 Å². The first-order valence-electron chi connectivity index (χ1n) is 11.4. The molecule has 3 aromatic rings. The van der Waals surface area contributed by atoms with Crippen LogP contribution in [-0.4, -0.2) is 16.5 Å². The van der Waals surface area contributed by atoms with E-state index in [0.717, 1.165) is 28.1 Å². The van der Waals surface area contributed by atoms with E-state index in [2.05, 4.69) is 38.2 Å². The lowest BCUT2D eigenvalue weighted by atomic mass is 9.68. The highest BCUT2D eigenvalue weighted by atomic mass is 32.2. The van der Waals surface area contributed by atoms with Crippen molar-refractivity contribution >= 4 is 28.6 Å². The zero-order valence-electron chi connectivity index (χ0n) is 19.1. The number of nitrogens with one attached hydrogen (secondary N) is 1. The molecule has 2 saturated carbocycles. The second-order valence-electron chi connectivity index (χ2n) is 10.4. The van der Waals surface area contributed by atoms with Crippen LogP contribution >= 0.6 is 11.8 Å². The van der Waals surface area contributed by atoms with Crippen molar-refractivity contribution in [1.82, 2.24) is 9.88 Å². The van der Waals surface area contributed by atoms with Crippen molar-refractivity contribution in [1.29, 1.82) is 0 Å². The molecule has 1 N–H and O–H groups in total. The van der Waals surface area contributed by atoms with Crippen molar-refractivity contribution in [3.8, 4) is 0 Å². The minimum atomic E-state index is -0.248. The van der Waals surface area contributed by atoms with Crippen LogP contribution in [0.25, 0.3) is 10.9 Å². The highest BCUT2D eigenvalue weighted by molar-refractivity contribution is 7.99. The third-order valence-electron chi connectivity index (χ3n) is 7.93. The molecule has 4 nitrogen and oxygen atoms in total. The van der Waals surface area contributed by atoms with Crippen molar-refractivity contribution in [2.75, 3.05) is 0 Å². The Balaban J connectivity index is 1.46. The van der Waals surface area contributed by atoms with Crippen LogP contribution in [-0.2, 0) is 7.05 Å². The summed E-state index contributed by atoms with van der Waals surface area (Å²) in [6.45, 7) is 6.81. The van der Waals surface area contributed by atoms with E-state index in [1.165, 1.54) is 6.42 Å². The average molecular weight is 447 g/mol. The smallest absolute Gasteiger partial charge is 0.257 e. The summed E-state index contributed by atoms with van der Waals surface area (Å²) >= 11 is 1.66. The number of aryl methyl sites for hydroxylation is 1. The number of hydrogen-bond acceptors (Lipinski definition) is 3. The third-order valence-corrected chi connectivity index (χ3v) is 8.93. The van der Waals surface area contributed by atoms with Crippen LogP contribution < -0.4 is 10.7 Å². The number of carbonyl (C=O) groups excluding carboxylic acids is 1. The lowest BCUT2D eigenvalue weighted by molar-refractivity contribution is 0.0736. The molecular weight excluding hydrogens is 416 g/mol. The molecule has 2 fully saturated rings. The minimum absolute atomic E-state index is 0.0499. The molecule has 3 atom stereocenters. The lowest BCUT2D eigenvalue weighted by Crippen LogP contribution is -2.53. The van der Waals surface area contributed by atoms with E-state index >= 15 is 0 Å². The second-order valence-corrected chi connectivity index (χ2v) is 11.5. The molecule has 166 valence electrons. The molecule has 1 amide bonds. The maximum absolute atomic E-state index is 13.3. The molecule has 0 unspecified atom stereocenters. The molecule has 0 radical (unpaired) electrons. The molecule has 2 bridgehead atoms. The fraction of sp³-hybridized carbons (Fsp3) is 0.407. The van der Waals surface area contributed by atoms with E-state index in [4.69, 9.17) is 0 Å². The van der Waals surface area contributed by atoms with E-state index in [0.29, 0.717) is 11.3 Å². The standard InChI is InChI=1S/C27H30N2O2S/c1-26(2)17-12-13-27(3,15-17)25(26)28-24(31)21-16-29(4)22-14-19(10-11-20(22)23(21)30)32-18-8-6-5-7-9-18/h5-11,14,16-17,25H,12-13,15H2,1-4H3,(H,28,31)/t17-,25+,27+/m0/s1. The highest BCUT2D eigenvalue weighted by Gasteiger charge is 2.59. The number of rotatable bonds is 4. The maximum atomic E-state index is 13.3. The quantitative estimate of drug-likeness (QED) is 0.565. The normalized spacial score (nSPS) is 25.9. The summed E-state index contributed by atoms with van der Waals surface area (Å²) in [5.74, 6) is 0.389. The number of amides is 1. The number of carbonyl (C=O) groups is 1. The maximum Gasteiger partial charge on any atom is 0.257 e. The Bertz CT molecular complexity index is 1260. The Morgan fingerprint density at radius 3 is 2.53 bits per heavy atom. The fourth-order valence-corrected chi connectivity index (χ4v) is 7.06. The molecule has 0 saturated heterocycles. The average Bonchev–Trinajstić information content (AvgIpc) is 3.25. The summed E-state index contributed by atoms with van der Waals surface area (Å²) in [7, 11) is 1.90. The Kier molecular flexibility index (Phi) is 5.01. The van der Waals surface area contributed by atoms with Crippen LogP contribution in [0, 0.1) is 16.7 Å². The number of benzene rings is 2. The summed E-state index contributed by atoms with van der Waals surface area (Å²) in [4.78, 5) is 28.8. The number of pyridine rings is 1. The van der Waals surface area contributed by atoms with Crippen LogP contribution in [0.5, 0.6) is 0 Å². The molecule has 5 heteroatoms. The first kappa shape index (κ1) is 21.3. The number of fused-ring (bicyclic) bond motifs is 3. The van der Waals surface area contributed by atoms with E-state index < -0.39 is 0 Å².